The first-order valence-electron chi connectivity index (χ1n) is 7.74. The Labute approximate surface area is 132 Å². The normalized spacial score (nSPS) is 13.5. The molecule has 0 aliphatic heterocycles. The largest absolute Gasteiger partial charge is 0.481 e. The van der Waals surface area contributed by atoms with Crippen LogP contribution in [0.25, 0.3) is 0 Å². The zero-order valence-corrected chi connectivity index (χ0v) is 14.3. The number of urea groups is 1. The number of aliphatic carboxylic acids is 1. The molecule has 0 fully saturated rings. The van der Waals surface area contributed by atoms with Gasteiger partial charge in [-0.25, -0.2) is 4.79 Å². The number of nitrogens with one attached hydrogen (secondary N) is 2. The SMILES string of the molecule is CCCC(CCNC(=O)NC(C)CCSC)CCC(=O)O. The predicted octanol–water partition coefficient (Wildman–Crippen LogP) is 3.10. The van der Waals surface area contributed by atoms with Crippen molar-refractivity contribution in [3.63, 3.8) is 0 Å². The van der Waals surface area contributed by atoms with Crippen molar-refractivity contribution >= 4 is 23.8 Å². The van der Waals surface area contributed by atoms with Gasteiger partial charge in [0.25, 0.3) is 0 Å². The standard InChI is InChI=1S/C15H30N2O3S/c1-4-5-13(6-7-14(18)19)8-10-16-15(20)17-12(2)9-11-21-3/h12-13H,4-11H2,1-3H3,(H,18,19)(H2,16,17,20). The quantitative estimate of drug-likeness (QED) is 0.517. The number of carboxylic acid groups (broad SMARTS) is 1. The van der Waals surface area contributed by atoms with Gasteiger partial charge >= 0.3 is 12.0 Å². The van der Waals surface area contributed by atoms with E-state index >= 15 is 0 Å². The average Bonchev–Trinajstić information content (AvgIpc) is 2.42. The minimum Gasteiger partial charge on any atom is -0.481 e. The van der Waals surface area contributed by atoms with E-state index in [9.17, 15) is 9.59 Å². The number of carbonyl (C=O) groups excluding carboxylic acids is 1. The maximum Gasteiger partial charge on any atom is 0.314 e. The summed E-state index contributed by atoms with van der Waals surface area (Å²) in [5.41, 5.74) is 0. The smallest absolute Gasteiger partial charge is 0.314 e. The number of thioether (sulfide) groups is 1. The molecule has 0 aliphatic carbocycles. The molecule has 2 atom stereocenters. The lowest BCUT2D eigenvalue weighted by Crippen LogP contribution is -2.41. The van der Waals surface area contributed by atoms with Gasteiger partial charge in [0.1, 0.15) is 0 Å². The minimum atomic E-state index is -0.746. The molecule has 2 amide bonds. The zero-order chi connectivity index (χ0) is 16.1. The Morgan fingerprint density at radius 1 is 1.19 bits per heavy atom. The van der Waals surface area contributed by atoms with Crippen LogP contribution in [0.4, 0.5) is 4.79 Å². The summed E-state index contributed by atoms with van der Waals surface area (Å²) in [5, 5.41) is 14.5. The Bertz CT molecular complexity index is 301. The zero-order valence-electron chi connectivity index (χ0n) is 13.5. The van der Waals surface area contributed by atoms with Gasteiger partial charge in [0.2, 0.25) is 0 Å². The van der Waals surface area contributed by atoms with Crippen LogP contribution in [-0.4, -0.2) is 41.7 Å². The average molecular weight is 318 g/mol. The lowest BCUT2D eigenvalue weighted by Gasteiger charge is -2.17. The highest BCUT2D eigenvalue weighted by molar-refractivity contribution is 7.98. The maximum absolute atomic E-state index is 11.7. The van der Waals surface area contributed by atoms with E-state index in [2.05, 4.69) is 23.8 Å². The van der Waals surface area contributed by atoms with E-state index in [0.29, 0.717) is 18.9 Å². The highest BCUT2D eigenvalue weighted by atomic mass is 32.2. The Hall–Kier alpha value is -0.910. The Morgan fingerprint density at radius 2 is 1.90 bits per heavy atom. The third-order valence-corrected chi connectivity index (χ3v) is 4.08. The van der Waals surface area contributed by atoms with Gasteiger partial charge in [0, 0.05) is 19.0 Å². The Kier molecular flexibility index (Phi) is 12.2. The third-order valence-electron chi connectivity index (χ3n) is 3.43. The monoisotopic (exact) mass is 318 g/mol. The summed E-state index contributed by atoms with van der Waals surface area (Å²) in [5.74, 6) is 0.666. The van der Waals surface area contributed by atoms with Crippen molar-refractivity contribution in [3.8, 4) is 0 Å². The fraction of sp³-hybridized carbons (Fsp3) is 0.867. The van der Waals surface area contributed by atoms with Crippen molar-refractivity contribution in [2.45, 2.75) is 58.4 Å². The number of hydrogen-bond donors (Lipinski definition) is 3. The topological polar surface area (TPSA) is 78.4 Å². The second kappa shape index (κ2) is 12.8. The van der Waals surface area contributed by atoms with Gasteiger partial charge in [-0.3, -0.25) is 4.79 Å². The Morgan fingerprint density at radius 3 is 2.48 bits per heavy atom. The second-order valence-corrected chi connectivity index (χ2v) is 6.44. The van der Waals surface area contributed by atoms with E-state index < -0.39 is 5.97 Å². The van der Waals surface area contributed by atoms with Crippen molar-refractivity contribution in [2.75, 3.05) is 18.6 Å². The van der Waals surface area contributed by atoms with Gasteiger partial charge < -0.3 is 15.7 Å². The van der Waals surface area contributed by atoms with Gasteiger partial charge in [0.05, 0.1) is 0 Å². The minimum absolute atomic E-state index is 0.128. The van der Waals surface area contributed by atoms with Crippen LogP contribution in [0.3, 0.4) is 0 Å². The van der Waals surface area contributed by atoms with E-state index in [1.54, 1.807) is 11.8 Å². The van der Waals surface area contributed by atoms with E-state index in [1.165, 1.54) is 0 Å². The molecule has 0 heterocycles. The molecule has 0 rings (SSSR count). The van der Waals surface area contributed by atoms with Gasteiger partial charge in [-0.05, 0) is 44.1 Å². The Balaban J connectivity index is 3.85. The molecule has 0 aliphatic rings. The van der Waals surface area contributed by atoms with E-state index in [1.807, 2.05) is 6.92 Å². The molecule has 0 saturated heterocycles. The molecule has 0 saturated carbocycles. The van der Waals surface area contributed by atoms with E-state index in [-0.39, 0.29) is 18.5 Å². The van der Waals surface area contributed by atoms with Crippen LogP contribution in [-0.2, 0) is 4.79 Å². The first kappa shape index (κ1) is 20.1. The fourth-order valence-corrected chi connectivity index (χ4v) is 2.79. The summed E-state index contributed by atoms with van der Waals surface area (Å²) in [7, 11) is 0. The molecule has 0 bridgehead atoms. The highest BCUT2D eigenvalue weighted by Gasteiger charge is 2.11. The summed E-state index contributed by atoms with van der Waals surface area (Å²) in [6, 6.07) is 0.0491. The highest BCUT2D eigenvalue weighted by Crippen LogP contribution is 2.17. The lowest BCUT2D eigenvalue weighted by atomic mass is 9.94. The third kappa shape index (κ3) is 12.5. The number of hydrogen-bond acceptors (Lipinski definition) is 3. The molecular weight excluding hydrogens is 288 g/mol. The van der Waals surface area contributed by atoms with Crippen LogP contribution in [0.5, 0.6) is 0 Å². The van der Waals surface area contributed by atoms with Gasteiger partial charge in [-0.15, -0.1) is 0 Å². The fourth-order valence-electron chi connectivity index (χ4n) is 2.20. The van der Waals surface area contributed by atoms with Crippen LogP contribution in [0.2, 0.25) is 0 Å². The molecule has 0 radical (unpaired) electrons. The molecule has 21 heavy (non-hydrogen) atoms. The van der Waals surface area contributed by atoms with Gasteiger partial charge in [-0.1, -0.05) is 19.8 Å². The molecule has 3 N–H and O–H groups in total. The molecule has 0 aromatic carbocycles. The number of carbonyl (C=O) groups is 2. The van der Waals surface area contributed by atoms with Gasteiger partial charge in [0.15, 0.2) is 0 Å². The molecule has 124 valence electrons. The van der Waals surface area contributed by atoms with Crippen LogP contribution >= 0.6 is 11.8 Å². The van der Waals surface area contributed by atoms with Crippen molar-refractivity contribution in [1.29, 1.82) is 0 Å². The maximum atomic E-state index is 11.7. The first-order chi connectivity index (χ1) is 9.99. The molecular formula is C15H30N2O3S. The van der Waals surface area contributed by atoms with Crippen LogP contribution in [0.1, 0.15) is 52.4 Å². The van der Waals surface area contributed by atoms with Crippen molar-refractivity contribution < 1.29 is 14.7 Å². The number of carboxylic acids is 1. The van der Waals surface area contributed by atoms with Crippen LogP contribution in [0.15, 0.2) is 0 Å². The molecule has 0 aromatic rings. The summed E-state index contributed by atoms with van der Waals surface area (Å²) >= 11 is 1.77. The molecule has 0 aromatic heterocycles. The van der Waals surface area contributed by atoms with Crippen LogP contribution < -0.4 is 10.6 Å². The molecule has 2 unspecified atom stereocenters. The lowest BCUT2D eigenvalue weighted by molar-refractivity contribution is -0.137. The molecule has 6 heteroatoms. The van der Waals surface area contributed by atoms with E-state index in [4.69, 9.17) is 5.11 Å². The summed E-state index contributed by atoms with van der Waals surface area (Å²) < 4.78 is 0. The second-order valence-electron chi connectivity index (χ2n) is 5.46. The van der Waals surface area contributed by atoms with Crippen molar-refractivity contribution in [2.24, 2.45) is 5.92 Å². The van der Waals surface area contributed by atoms with Crippen LogP contribution in [0, 0.1) is 5.92 Å². The van der Waals surface area contributed by atoms with E-state index in [0.717, 1.165) is 31.4 Å². The number of amides is 2. The summed E-state index contributed by atoms with van der Waals surface area (Å²) in [6.45, 7) is 4.70. The summed E-state index contributed by atoms with van der Waals surface area (Å²) in [4.78, 5) is 22.3. The van der Waals surface area contributed by atoms with Crippen molar-refractivity contribution in [1.82, 2.24) is 10.6 Å². The first-order valence-corrected chi connectivity index (χ1v) is 9.14. The predicted molar refractivity (Wildman–Crippen MR) is 88.9 cm³/mol. The molecule has 0 spiro atoms. The number of rotatable bonds is 12. The van der Waals surface area contributed by atoms with Crippen molar-refractivity contribution in [3.05, 3.63) is 0 Å². The van der Waals surface area contributed by atoms with Gasteiger partial charge in [-0.2, -0.15) is 11.8 Å². The molecule has 5 nitrogen and oxygen atoms in total. The summed E-state index contributed by atoms with van der Waals surface area (Å²) in [6.07, 6.45) is 6.82.